The van der Waals surface area contributed by atoms with E-state index >= 15 is 0 Å². The number of ether oxygens (including phenoxy) is 2. The van der Waals surface area contributed by atoms with Gasteiger partial charge in [0, 0.05) is 6.42 Å². The second-order valence-corrected chi connectivity index (χ2v) is 19.7. The van der Waals surface area contributed by atoms with Crippen molar-refractivity contribution in [3.63, 3.8) is 0 Å². The summed E-state index contributed by atoms with van der Waals surface area (Å²) in [4.78, 5) is 13.0. The molecule has 0 spiro atoms. The molecular weight excluding hydrogens is 839 g/mol. The maximum atomic E-state index is 13.0. The number of hydrogen-bond donors (Lipinski definition) is 6. The van der Waals surface area contributed by atoms with E-state index in [1.54, 1.807) is 6.08 Å². The molecule has 0 saturated carbocycles. The minimum absolute atomic E-state index is 0.190. The van der Waals surface area contributed by atoms with Gasteiger partial charge in [-0.2, -0.15) is 0 Å². The highest BCUT2D eigenvalue weighted by atomic mass is 16.7. The maximum absolute atomic E-state index is 13.0. The van der Waals surface area contributed by atoms with Crippen LogP contribution < -0.4 is 5.32 Å². The SMILES string of the molecule is CCCCCCCCCCC/C=C\C/C=C\CCCCCCCCCCCC(=O)NC(COC1OC(CO)C(O)C(O)C1O)C(O)/C=C/CC/C=C/CCCCCCCCCCCCCCC. The van der Waals surface area contributed by atoms with Crippen LogP contribution in [0.15, 0.2) is 48.6 Å². The molecule has 0 aromatic carbocycles. The van der Waals surface area contributed by atoms with Crippen LogP contribution in [0.1, 0.15) is 258 Å². The Morgan fingerprint density at radius 2 is 0.896 bits per heavy atom. The van der Waals surface area contributed by atoms with Gasteiger partial charge < -0.3 is 40.3 Å². The van der Waals surface area contributed by atoms with Crippen molar-refractivity contribution in [2.75, 3.05) is 13.2 Å². The van der Waals surface area contributed by atoms with Crippen molar-refractivity contribution in [1.29, 1.82) is 0 Å². The van der Waals surface area contributed by atoms with Gasteiger partial charge in [-0.25, -0.2) is 0 Å². The molecule has 0 aliphatic carbocycles. The second kappa shape index (κ2) is 47.8. The maximum Gasteiger partial charge on any atom is 0.220 e. The lowest BCUT2D eigenvalue weighted by molar-refractivity contribution is -0.302. The standard InChI is InChI=1S/C58H107NO8/c1-3-5-7-9-11-13-15-17-19-21-23-24-25-26-27-28-30-32-34-36-38-40-42-44-46-48-54(62)59-51(50-66-58-57(65)56(64)55(63)53(49-60)67-58)52(61)47-45-43-41-39-37-35-33-31-29-22-20-18-16-14-12-10-8-6-4-2/h23-24,26-27,37,39,45,47,51-53,55-58,60-61,63-65H,3-22,25,28-36,38,40-44,46,48-50H2,1-2H3,(H,59,62)/b24-23-,27-26-,39-37+,47-45+. The molecule has 1 aliphatic rings. The molecule has 0 aromatic rings. The number of aliphatic hydroxyl groups is 5. The van der Waals surface area contributed by atoms with Gasteiger partial charge in [0.05, 0.1) is 25.4 Å². The molecule has 6 N–H and O–H groups in total. The van der Waals surface area contributed by atoms with Crippen LogP contribution in [0.25, 0.3) is 0 Å². The predicted octanol–water partition coefficient (Wildman–Crippen LogP) is 13.7. The quantitative estimate of drug-likeness (QED) is 0.0261. The lowest BCUT2D eigenvalue weighted by Gasteiger charge is -2.40. The fourth-order valence-corrected chi connectivity index (χ4v) is 8.85. The molecule has 1 saturated heterocycles. The van der Waals surface area contributed by atoms with Gasteiger partial charge in [0.1, 0.15) is 24.4 Å². The van der Waals surface area contributed by atoms with Crippen LogP contribution >= 0.6 is 0 Å². The van der Waals surface area contributed by atoms with Crippen LogP contribution in [0.4, 0.5) is 0 Å². The van der Waals surface area contributed by atoms with Crippen LogP contribution in [0.5, 0.6) is 0 Å². The average molecular weight is 946 g/mol. The van der Waals surface area contributed by atoms with Crippen molar-refractivity contribution in [3.05, 3.63) is 48.6 Å². The molecule has 9 nitrogen and oxygen atoms in total. The molecule has 1 amide bonds. The number of rotatable bonds is 48. The van der Waals surface area contributed by atoms with E-state index in [0.29, 0.717) is 6.42 Å². The molecular formula is C58H107NO8. The lowest BCUT2D eigenvalue weighted by Crippen LogP contribution is -2.60. The summed E-state index contributed by atoms with van der Waals surface area (Å²) in [5, 5.41) is 54.4. The van der Waals surface area contributed by atoms with Gasteiger partial charge in [0.15, 0.2) is 6.29 Å². The minimum atomic E-state index is -1.57. The van der Waals surface area contributed by atoms with Crippen LogP contribution in [0, 0.1) is 0 Å². The third-order valence-electron chi connectivity index (χ3n) is 13.4. The Balaban J connectivity index is 2.26. The van der Waals surface area contributed by atoms with E-state index in [1.807, 2.05) is 6.08 Å². The van der Waals surface area contributed by atoms with E-state index in [9.17, 15) is 30.3 Å². The summed E-state index contributed by atoms with van der Waals surface area (Å²) in [5.41, 5.74) is 0. The molecule has 1 fully saturated rings. The Bertz CT molecular complexity index is 1190. The summed E-state index contributed by atoms with van der Waals surface area (Å²) < 4.78 is 11.2. The first-order valence-electron chi connectivity index (χ1n) is 28.4. The van der Waals surface area contributed by atoms with Gasteiger partial charge in [-0.05, 0) is 64.2 Å². The van der Waals surface area contributed by atoms with Gasteiger partial charge in [0.25, 0.3) is 0 Å². The van der Waals surface area contributed by atoms with E-state index in [0.717, 1.165) is 44.9 Å². The Labute approximate surface area is 412 Å². The van der Waals surface area contributed by atoms with Crippen molar-refractivity contribution in [2.45, 2.75) is 301 Å². The van der Waals surface area contributed by atoms with E-state index in [2.05, 4.69) is 55.6 Å². The fourth-order valence-electron chi connectivity index (χ4n) is 8.85. The molecule has 1 rings (SSSR count). The van der Waals surface area contributed by atoms with E-state index in [1.165, 1.54) is 193 Å². The number of carbonyl (C=O) groups excluding carboxylic acids is 1. The fraction of sp³-hybridized carbons (Fsp3) is 0.845. The molecule has 0 radical (unpaired) electrons. The molecule has 67 heavy (non-hydrogen) atoms. The third kappa shape index (κ3) is 37.6. The van der Waals surface area contributed by atoms with Crippen LogP contribution in [0.2, 0.25) is 0 Å². The zero-order valence-electron chi connectivity index (χ0n) is 43.4. The van der Waals surface area contributed by atoms with Crippen molar-refractivity contribution in [2.24, 2.45) is 0 Å². The molecule has 1 aliphatic heterocycles. The number of amides is 1. The predicted molar refractivity (Wildman–Crippen MR) is 281 cm³/mol. The highest BCUT2D eigenvalue weighted by molar-refractivity contribution is 5.76. The molecule has 0 aromatic heterocycles. The molecule has 9 heteroatoms. The zero-order valence-corrected chi connectivity index (χ0v) is 43.4. The summed E-state index contributed by atoms with van der Waals surface area (Å²) in [6.45, 7) is 3.78. The lowest BCUT2D eigenvalue weighted by atomic mass is 9.99. The van der Waals surface area contributed by atoms with Crippen LogP contribution in [0.3, 0.4) is 0 Å². The van der Waals surface area contributed by atoms with Gasteiger partial charge in [-0.1, -0.05) is 236 Å². The second-order valence-electron chi connectivity index (χ2n) is 19.7. The summed E-state index contributed by atoms with van der Waals surface area (Å²) in [7, 11) is 0. The average Bonchev–Trinajstić information content (AvgIpc) is 3.33. The Morgan fingerprint density at radius 1 is 0.507 bits per heavy atom. The first-order chi connectivity index (χ1) is 32.8. The smallest absolute Gasteiger partial charge is 0.220 e. The Hall–Kier alpha value is -1.85. The largest absolute Gasteiger partial charge is 0.394 e. The monoisotopic (exact) mass is 946 g/mol. The van der Waals surface area contributed by atoms with Crippen molar-refractivity contribution < 1.29 is 39.8 Å². The van der Waals surface area contributed by atoms with Gasteiger partial charge in [-0.3, -0.25) is 4.79 Å². The highest BCUT2D eigenvalue weighted by Gasteiger charge is 2.44. The molecule has 1 heterocycles. The highest BCUT2D eigenvalue weighted by Crippen LogP contribution is 2.23. The summed E-state index contributed by atoms with van der Waals surface area (Å²) in [5.74, 6) is -0.190. The van der Waals surface area contributed by atoms with Gasteiger partial charge in [0.2, 0.25) is 5.91 Å². The number of unbranched alkanes of at least 4 members (excludes halogenated alkanes) is 32. The number of carbonyl (C=O) groups is 1. The normalized spacial score (nSPS) is 20.0. The van der Waals surface area contributed by atoms with E-state index < -0.39 is 49.5 Å². The molecule has 0 bridgehead atoms. The van der Waals surface area contributed by atoms with Crippen molar-refractivity contribution in [3.8, 4) is 0 Å². The summed E-state index contributed by atoms with van der Waals surface area (Å²) in [6.07, 6.45) is 56.0. The Morgan fingerprint density at radius 3 is 1.34 bits per heavy atom. The zero-order chi connectivity index (χ0) is 48.7. The Kier molecular flexibility index (Phi) is 45.1. The molecule has 7 unspecified atom stereocenters. The number of allylic oxidation sites excluding steroid dienone is 7. The number of aliphatic hydroxyl groups excluding tert-OH is 5. The first kappa shape index (κ1) is 63.2. The van der Waals surface area contributed by atoms with E-state index in [-0.39, 0.29) is 12.5 Å². The minimum Gasteiger partial charge on any atom is -0.394 e. The molecule has 7 atom stereocenters. The van der Waals surface area contributed by atoms with E-state index in [4.69, 9.17) is 9.47 Å². The summed E-state index contributed by atoms with van der Waals surface area (Å²) in [6, 6.07) is -0.825. The molecule has 392 valence electrons. The van der Waals surface area contributed by atoms with Crippen LogP contribution in [-0.4, -0.2) is 87.5 Å². The number of nitrogens with one attached hydrogen (secondary N) is 1. The number of hydrogen-bond acceptors (Lipinski definition) is 8. The van der Waals surface area contributed by atoms with Crippen LogP contribution in [-0.2, 0) is 14.3 Å². The van der Waals surface area contributed by atoms with Gasteiger partial charge >= 0.3 is 0 Å². The topological polar surface area (TPSA) is 149 Å². The van der Waals surface area contributed by atoms with Crippen molar-refractivity contribution in [1.82, 2.24) is 5.32 Å². The summed E-state index contributed by atoms with van der Waals surface area (Å²) >= 11 is 0. The van der Waals surface area contributed by atoms with Gasteiger partial charge in [-0.15, -0.1) is 0 Å². The third-order valence-corrected chi connectivity index (χ3v) is 13.4. The first-order valence-corrected chi connectivity index (χ1v) is 28.4. The van der Waals surface area contributed by atoms with Crippen molar-refractivity contribution >= 4 is 5.91 Å².